The Bertz CT molecular complexity index is 753. The number of amides is 1. The van der Waals surface area contributed by atoms with Gasteiger partial charge in [-0.15, -0.1) is 0 Å². The van der Waals surface area contributed by atoms with Gasteiger partial charge in [0.2, 0.25) is 0 Å². The van der Waals surface area contributed by atoms with Gasteiger partial charge in [-0.05, 0) is 49.6 Å². The van der Waals surface area contributed by atoms with Gasteiger partial charge < -0.3 is 4.90 Å². The van der Waals surface area contributed by atoms with Crippen LogP contribution in [0.4, 0.5) is 4.39 Å². The molecular weight excluding hydrogens is 291 g/mol. The average molecular weight is 308 g/mol. The number of carbonyl (C=O) groups is 1. The van der Waals surface area contributed by atoms with Gasteiger partial charge in [0.25, 0.3) is 5.91 Å². The maximum absolute atomic E-state index is 13.1. The molecule has 0 radical (unpaired) electrons. The van der Waals surface area contributed by atoms with Crippen LogP contribution in [0.2, 0.25) is 0 Å². The van der Waals surface area contributed by atoms with E-state index in [4.69, 9.17) is 0 Å². The highest BCUT2D eigenvalue weighted by molar-refractivity contribution is 5.92. The zero-order chi connectivity index (χ0) is 16.1. The molecule has 0 spiro atoms. The lowest BCUT2D eigenvalue weighted by Gasteiger charge is -2.26. The number of hydrogen-bond donors (Lipinski definition) is 0. The molecular formula is C19H17FN2O. The van der Waals surface area contributed by atoms with Gasteiger partial charge >= 0.3 is 0 Å². The number of aromatic nitrogens is 1. The molecule has 0 bridgehead atoms. The van der Waals surface area contributed by atoms with Crippen LogP contribution in [0, 0.1) is 17.7 Å². The molecule has 1 aromatic carbocycles. The van der Waals surface area contributed by atoms with Crippen LogP contribution in [-0.2, 0) is 0 Å². The summed E-state index contributed by atoms with van der Waals surface area (Å²) in [4.78, 5) is 18.4. The van der Waals surface area contributed by atoms with E-state index in [1.807, 2.05) is 4.90 Å². The third-order valence-corrected chi connectivity index (χ3v) is 3.80. The van der Waals surface area contributed by atoms with Gasteiger partial charge in [0.15, 0.2) is 0 Å². The number of rotatable bonds is 1. The first-order valence-electron chi connectivity index (χ1n) is 7.75. The highest BCUT2D eigenvalue weighted by atomic mass is 19.1. The van der Waals surface area contributed by atoms with Crippen molar-refractivity contribution in [2.45, 2.75) is 19.3 Å². The number of likely N-dealkylation sites (tertiary alicyclic amines) is 1. The lowest BCUT2D eigenvalue weighted by Crippen LogP contribution is -2.36. The van der Waals surface area contributed by atoms with Crippen LogP contribution in [0.15, 0.2) is 42.6 Å². The maximum Gasteiger partial charge on any atom is 0.272 e. The lowest BCUT2D eigenvalue weighted by molar-refractivity contribution is 0.0718. The predicted molar refractivity (Wildman–Crippen MR) is 86.4 cm³/mol. The molecule has 0 saturated carbocycles. The minimum Gasteiger partial charge on any atom is -0.337 e. The highest BCUT2D eigenvalue weighted by Gasteiger charge is 2.18. The van der Waals surface area contributed by atoms with Crippen LogP contribution in [0.3, 0.4) is 0 Å². The summed E-state index contributed by atoms with van der Waals surface area (Å²) in [7, 11) is 0. The van der Waals surface area contributed by atoms with Gasteiger partial charge in [-0.2, -0.15) is 0 Å². The summed E-state index contributed by atoms with van der Waals surface area (Å²) in [5, 5.41) is 0. The first kappa shape index (κ1) is 15.2. The molecule has 4 heteroatoms. The van der Waals surface area contributed by atoms with E-state index in [0.29, 0.717) is 16.8 Å². The molecule has 1 fully saturated rings. The van der Waals surface area contributed by atoms with Crippen molar-refractivity contribution in [3.05, 3.63) is 65.2 Å². The van der Waals surface area contributed by atoms with Crippen molar-refractivity contribution in [3.63, 3.8) is 0 Å². The molecule has 0 aliphatic carbocycles. The van der Waals surface area contributed by atoms with Gasteiger partial charge in [-0.3, -0.25) is 4.79 Å². The van der Waals surface area contributed by atoms with E-state index in [-0.39, 0.29) is 11.7 Å². The summed E-state index contributed by atoms with van der Waals surface area (Å²) in [5.41, 5.74) is 1.76. The van der Waals surface area contributed by atoms with E-state index in [9.17, 15) is 9.18 Å². The van der Waals surface area contributed by atoms with Crippen molar-refractivity contribution in [2.75, 3.05) is 13.1 Å². The normalized spacial score (nSPS) is 14.0. The quantitative estimate of drug-likeness (QED) is 0.758. The summed E-state index contributed by atoms with van der Waals surface area (Å²) in [6.07, 6.45) is 4.89. The Kier molecular flexibility index (Phi) is 4.68. The largest absolute Gasteiger partial charge is 0.337 e. The number of pyridine rings is 1. The molecule has 1 saturated heterocycles. The van der Waals surface area contributed by atoms with Crippen LogP contribution >= 0.6 is 0 Å². The highest BCUT2D eigenvalue weighted by Crippen LogP contribution is 2.12. The molecule has 1 amide bonds. The molecule has 3 rings (SSSR count). The first-order chi connectivity index (χ1) is 11.2. The molecule has 23 heavy (non-hydrogen) atoms. The van der Waals surface area contributed by atoms with Crippen molar-refractivity contribution >= 4 is 5.91 Å². The Balaban J connectivity index is 1.71. The number of hydrogen-bond acceptors (Lipinski definition) is 2. The van der Waals surface area contributed by atoms with Gasteiger partial charge in [0.05, 0.1) is 0 Å². The Morgan fingerprint density at radius 2 is 1.83 bits per heavy atom. The van der Waals surface area contributed by atoms with Crippen molar-refractivity contribution in [1.29, 1.82) is 0 Å². The topological polar surface area (TPSA) is 33.2 Å². The first-order valence-corrected chi connectivity index (χ1v) is 7.75. The van der Waals surface area contributed by atoms with Gasteiger partial charge in [-0.1, -0.05) is 17.9 Å². The monoisotopic (exact) mass is 308 g/mol. The van der Waals surface area contributed by atoms with E-state index >= 15 is 0 Å². The molecule has 3 nitrogen and oxygen atoms in total. The number of carbonyl (C=O) groups excluding carboxylic acids is 1. The molecule has 1 aromatic heterocycles. The molecule has 0 N–H and O–H groups in total. The lowest BCUT2D eigenvalue weighted by atomic mass is 10.1. The van der Waals surface area contributed by atoms with E-state index in [0.717, 1.165) is 25.9 Å². The Labute approximate surface area is 135 Å². The Hall–Kier alpha value is -2.67. The van der Waals surface area contributed by atoms with Gasteiger partial charge in [0.1, 0.15) is 11.5 Å². The fourth-order valence-corrected chi connectivity index (χ4v) is 2.56. The second-order valence-corrected chi connectivity index (χ2v) is 5.55. The summed E-state index contributed by atoms with van der Waals surface area (Å²) >= 11 is 0. The molecule has 1 aliphatic rings. The van der Waals surface area contributed by atoms with E-state index < -0.39 is 0 Å². The van der Waals surface area contributed by atoms with Crippen molar-refractivity contribution in [1.82, 2.24) is 9.88 Å². The van der Waals surface area contributed by atoms with Crippen LogP contribution < -0.4 is 0 Å². The standard InChI is InChI=1S/C19H17FN2O/c20-17-6-4-5-15(13-17)7-8-16-9-10-18(21-14-16)19(23)22-11-2-1-3-12-22/h4-6,9-10,13-14H,1-3,11-12H2. The third kappa shape index (κ3) is 3.95. The van der Waals surface area contributed by atoms with E-state index in [1.54, 1.807) is 30.5 Å². The fourth-order valence-electron chi connectivity index (χ4n) is 2.56. The second kappa shape index (κ2) is 7.06. The van der Waals surface area contributed by atoms with Gasteiger partial charge in [-0.25, -0.2) is 9.37 Å². The molecule has 1 aliphatic heterocycles. The van der Waals surface area contributed by atoms with Crippen molar-refractivity contribution < 1.29 is 9.18 Å². The van der Waals surface area contributed by atoms with Crippen LogP contribution in [0.5, 0.6) is 0 Å². The van der Waals surface area contributed by atoms with Crippen molar-refractivity contribution in [3.8, 4) is 11.8 Å². The Morgan fingerprint density at radius 3 is 2.52 bits per heavy atom. The predicted octanol–water partition coefficient (Wildman–Crippen LogP) is 3.25. The van der Waals surface area contributed by atoms with E-state index in [2.05, 4.69) is 16.8 Å². The van der Waals surface area contributed by atoms with Crippen molar-refractivity contribution in [2.24, 2.45) is 0 Å². The smallest absolute Gasteiger partial charge is 0.272 e. The minimum atomic E-state index is -0.308. The minimum absolute atomic E-state index is 0.0191. The number of benzene rings is 1. The van der Waals surface area contributed by atoms with Crippen LogP contribution in [0.25, 0.3) is 0 Å². The van der Waals surface area contributed by atoms with Crippen LogP contribution in [0.1, 0.15) is 40.9 Å². The number of halogens is 1. The number of nitrogens with zero attached hydrogens (tertiary/aromatic N) is 2. The molecule has 2 aromatic rings. The average Bonchev–Trinajstić information content (AvgIpc) is 2.61. The third-order valence-electron chi connectivity index (χ3n) is 3.80. The summed E-state index contributed by atoms with van der Waals surface area (Å²) < 4.78 is 13.1. The maximum atomic E-state index is 13.1. The SMILES string of the molecule is O=C(c1ccc(C#Cc2cccc(F)c2)cn1)N1CCCCC1. The van der Waals surface area contributed by atoms with E-state index in [1.165, 1.54) is 18.6 Å². The summed E-state index contributed by atoms with van der Waals surface area (Å²) in [6.45, 7) is 1.61. The summed E-state index contributed by atoms with van der Waals surface area (Å²) in [6, 6.07) is 9.61. The number of piperidine rings is 1. The molecule has 0 unspecified atom stereocenters. The zero-order valence-electron chi connectivity index (χ0n) is 12.8. The van der Waals surface area contributed by atoms with Gasteiger partial charge in [0, 0.05) is 30.4 Å². The Morgan fingerprint density at radius 1 is 1.04 bits per heavy atom. The molecule has 116 valence electrons. The van der Waals surface area contributed by atoms with Crippen LogP contribution in [-0.4, -0.2) is 28.9 Å². The summed E-state index contributed by atoms with van der Waals surface area (Å²) in [5.74, 6) is 5.49. The molecule has 2 heterocycles. The zero-order valence-corrected chi connectivity index (χ0v) is 12.8. The molecule has 0 atom stereocenters. The second-order valence-electron chi connectivity index (χ2n) is 5.55. The fraction of sp³-hybridized carbons (Fsp3) is 0.263.